The molecule has 0 aliphatic heterocycles. The fourth-order valence-electron chi connectivity index (χ4n) is 4.58. The maximum Gasteiger partial charge on any atom is 0.217 e. The van der Waals surface area contributed by atoms with Crippen molar-refractivity contribution in [1.29, 1.82) is 0 Å². The van der Waals surface area contributed by atoms with Crippen LogP contribution in [0.2, 0.25) is 0 Å². The number of aliphatic hydroxyl groups is 2. The highest BCUT2D eigenvalue weighted by atomic mass is 16.3. The van der Waals surface area contributed by atoms with Gasteiger partial charge in [0.1, 0.15) is 0 Å². The first-order chi connectivity index (χ1) is 12.3. The first-order valence-electron chi connectivity index (χ1n) is 10.4. The van der Waals surface area contributed by atoms with Crippen LogP contribution in [0.15, 0.2) is 23.8 Å². The Kier molecular flexibility index (Phi) is 7.90. The number of fused-ring (bicyclic) bond motifs is 1. The average Bonchev–Trinajstić information content (AvgIpc) is 3.07. The van der Waals surface area contributed by atoms with Gasteiger partial charge in [-0.3, -0.25) is 4.79 Å². The van der Waals surface area contributed by atoms with Gasteiger partial charge in [0.05, 0.1) is 11.7 Å². The first kappa shape index (κ1) is 21.2. The van der Waals surface area contributed by atoms with E-state index in [9.17, 15) is 15.0 Å². The third-order valence-corrected chi connectivity index (χ3v) is 6.11. The number of aliphatic hydroxyl groups excluding tert-OH is 1. The van der Waals surface area contributed by atoms with Gasteiger partial charge < -0.3 is 15.9 Å². The number of rotatable bonds is 11. The summed E-state index contributed by atoms with van der Waals surface area (Å²) in [5.41, 5.74) is 6.02. The van der Waals surface area contributed by atoms with Crippen molar-refractivity contribution in [2.24, 2.45) is 23.5 Å². The topological polar surface area (TPSA) is 83.6 Å². The van der Waals surface area contributed by atoms with Gasteiger partial charge in [-0.15, -0.1) is 0 Å². The van der Waals surface area contributed by atoms with Crippen LogP contribution in [0.1, 0.15) is 78.1 Å². The molecular formula is C22H37NO3. The minimum Gasteiger partial charge on any atom is -0.392 e. The molecule has 1 fully saturated rings. The molecule has 4 heteroatoms. The third-order valence-electron chi connectivity index (χ3n) is 6.11. The number of carbonyl (C=O) groups is 1. The van der Waals surface area contributed by atoms with E-state index >= 15 is 0 Å². The molecule has 4 nitrogen and oxygen atoms in total. The van der Waals surface area contributed by atoms with E-state index in [-0.39, 0.29) is 17.9 Å². The van der Waals surface area contributed by atoms with Gasteiger partial charge in [0.2, 0.25) is 5.91 Å². The fraction of sp³-hybridized carbons (Fsp3) is 0.773. The largest absolute Gasteiger partial charge is 0.392 e. The van der Waals surface area contributed by atoms with Gasteiger partial charge in [0, 0.05) is 12.3 Å². The zero-order valence-corrected chi connectivity index (χ0v) is 16.5. The summed E-state index contributed by atoms with van der Waals surface area (Å²) in [4.78, 5) is 10.8. The molecule has 0 aromatic rings. The number of hydrogen-bond acceptors (Lipinski definition) is 3. The summed E-state index contributed by atoms with van der Waals surface area (Å²) in [7, 11) is 0. The van der Waals surface area contributed by atoms with Crippen LogP contribution < -0.4 is 5.73 Å². The molecule has 4 N–H and O–H groups in total. The zero-order valence-electron chi connectivity index (χ0n) is 16.5. The Labute approximate surface area is 158 Å². The lowest BCUT2D eigenvalue weighted by Crippen LogP contribution is -2.23. The summed E-state index contributed by atoms with van der Waals surface area (Å²) in [6, 6.07) is 0. The van der Waals surface area contributed by atoms with Crippen molar-refractivity contribution in [2.45, 2.75) is 89.8 Å². The number of amides is 1. The van der Waals surface area contributed by atoms with Gasteiger partial charge in [-0.25, -0.2) is 0 Å². The number of hydrogen-bond donors (Lipinski definition) is 3. The quantitative estimate of drug-likeness (QED) is 0.385. The smallest absolute Gasteiger partial charge is 0.217 e. The lowest BCUT2D eigenvalue weighted by Gasteiger charge is -2.22. The molecule has 0 spiro atoms. The van der Waals surface area contributed by atoms with Crippen LogP contribution in [0.25, 0.3) is 0 Å². The van der Waals surface area contributed by atoms with E-state index in [2.05, 4.69) is 25.2 Å². The second kappa shape index (κ2) is 9.70. The SMILES string of the molecule is CCCC[C@](C)(O)CC=C[C@H]1[C@H](O)CC2C=C(CCCCC(N)=O)C[C@@H]21. The lowest BCUT2D eigenvalue weighted by molar-refractivity contribution is -0.118. The standard InChI is InChI=1S/C22H37NO3/c1-3-4-11-22(2,26)12-7-9-18-19-14-16(8-5-6-10-21(23)25)13-17(19)15-20(18)24/h7,9,13,17-20,24,26H,3-6,8,10-12,14-15H2,1-2H3,(H2,23,25)/t17?,18-,19+,20-,22+/m1/s1. The molecule has 5 atom stereocenters. The molecule has 2 aliphatic carbocycles. The molecule has 0 saturated heterocycles. The van der Waals surface area contributed by atoms with Crippen molar-refractivity contribution >= 4 is 5.91 Å². The van der Waals surface area contributed by atoms with E-state index in [4.69, 9.17) is 5.73 Å². The molecule has 148 valence electrons. The Balaban J connectivity index is 1.81. The molecule has 0 heterocycles. The summed E-state index contributed by atoms with van der Waals surface area (Å²) in [6.07, 6.45) is 15.2. The molecule has 0 radical (unpaired) electrons. The van der Waals surface area contributed by atoms with Crippen molar-refractivity contribution in [3.63, 3.8) is 0 Å². The Morgan fingerprint density at radius 1 is 1.38 bits per heavy atom. The summed E-state index contributed by atoms with van der Waals surface area (Å²) in [6.45, 7) is 4.04. The summed E-state index contributed by atoms with van der Waals surface area (Å²) < 4.78 is 0. The van der Waals surface area contributed by atoms with Crippen molar-refractivity contribution in [1.82, 2.24) is 0 Å². The molecule has 1 unspecified atom stereocenters. The van der Waals surface area contributed by atoms with E-state index in [1.165, 1.54) is 5.57 Å². The van der Waals surface area contributed by atoms with E-state index in [1.54, 1.807) is 0 Å². The maximum atomic E-state index is 10.8. The minimum atomic E-state index is -0.644. The molecule has 0 aromatic heterocycles. The second-order valence-electron chi connectivity index (χ2n) is 8.64. The molecule has 0 bridgehead atoms. The molecule has 2 aliphatic rings. The first-order valence-corrected chi connectivity index (χ1v) is 10.4. The van der Waals surface area contributed by atoms with Crippen LogP contribution in [0.3, 0.4) is 0 Å². The third kappa shape index (κ3) is 6.24. The molecule has 26 heavy (non-hydrogen) atoms. The fourth-order valence-corrected chi connectivity index (χ4v) is 4.58. The predicted octanol–water partition coefficient (Wildman–Crippen LogP) is 3.86. The normalized spacial score (nSPS) is 30.4. The number of allylic oxidation sites excluding steroid dienone is 2. The van der Waals surface area contributed by atoms with Crippen LogP contribution in [-0.2, 0) is 4.79 Å². The molecular weight excluding hydrogens is 326 g/mol. The Bertz CT molecular complexity index is 523. The van der Waals surface area contributed by atoms with Crippen molar-refractivity contribution in [3.05, 3.63) is 23.8 Å². The highest BCUT2D eigenvalue weighted by Crippen LogP contribution is 2.48. The highest BCUT2D eigenvalue weighted by molar-refractivity contribution is 5.73. The van der Waals surface area contributed by atoms with Crippen LogP contribution >= 0.6 is 0 Å². The van der Waals surface area contributed by atoms with Gasteiger partial charge in [-0.05, 0) is 63.7 Å². The van der Waals surface area contributed by atoms with Gasteiger partial charge in [0.25, 0.3) is 0 Å². The molecule has 2 rings (SSSR count). The number of nitrogens with two attached hydrogens (primary N) is 1. The average molecular weight is 364 g/mol. The number of unbranched alkanes of at least 4 members (excludes halogenated alkanes) is 2. The van der Waals surface area contributed by atoms with Gasteiger partial charge in [-0.2, -0.15) is 0 Å². The monoisotopic (exact) mass is 363 g/mol. The molecule has 1 saturated carbocycles. The van der Waals surface area contributed by atoms with Crippen LogP contribution in [-0.4, -0.2) is 27.8 Å². The summed E-state index contributed by atoms with van der Waals surface area (Å²) in [5.74, 6) is 0.950. The lowest BCUT2D eigenvalue weighted by atomic mass is 9.87. The van der Waals surface area contributed by atoms with E-state index in [0.717, 1.165) is 51.4 Å². The summed E-state index contributed by atoms with van der Waals surface area (Å²) in [5, 5.41) is 20.9. The van der Waals surface area contributed by atoms with E-state index in [0.29, 0.717) is 24.7 Å². The molecule has 0 aromatic carbocycles. The Morgan fingerprint density at radius 2 is 2.15 bits per heavy atom. The Hall–Kier alpha value is -1.13. The molecule has 1 amide bonds. The minimum absolute atomic E-state index is 0.196. The van der Waals surface area contributed by atoms with Crippen LogP contribution in [0.4, 0.5) is 0 Å². The van der Waals surface area contributed by atoms with Gasteiger partial charge >= 0.3 is 0 Å². The number of carbonyl (C=O) groups excluding carboxylic acids is 1. The van der Waals surface area contributed by atoms with Gasteiger partial charge in [-0.1, -0.05) is 43.6 Å². The van der Waals surface area contributed by atoms with Crippen molar-refractivity contribution in [2.75, 3.05) is 0 Å². The van der Waals surface area contributed by atoms with Gasteiger partial charge in [0.15, 0.2) is 0 Å². The van der Waals surface area contributed by atoms with Crippen molar-refractivity contribution < 1.29 is 15.0 Å². The van der Waals surface area contributed by atoms with Crippen LogP contribution in [0, 0.1) is 17.8 Å². The summed E-state index contributed by atoms with van der Waals surface area (Å²) >= 11 is 0. The second-order valence-corrected chi connectivity index (χ2v) is 8.64. The predicted molar refractivity (Wildman–Crippen MR) is 105 cm³/mol. The maximum absolute atomic E-state index is 10.8. The zero-order chi connectivity index (χ0) is 19.2. The highest BCUT2D eigenvalue weighted by Gasteiger charge is 2.43. The van der Waals surface area contributed by atoms with Crippen LogP contribution in [0.5, 0.6) is 0 Å². The number of primary amides is 1. The van der Waals surface area contributed by atoms with Crippen molar-refractivity contribution in [3.8, 4) is 0 Å². The van der Waals surface area contributed by atoms with E-state index in [1.807, 2.05) is 6.92 Å². The van der Waals surface area contributed by atoms with E-state index < -0.39 is 5.60 Å². The Morgan fingerprint density at radius 3 is 2.85 bits per heavy atom.